The molecule has 59 heavy (non-hydrogen) atoms. The molecule has 0 aliphatic rings. The van der Waals surface area contributed by atoms with Crippen molar-refractivity contribution in [3.05, 3.63) is 218 Å². The van der Waals surface area contributed by atoms with Crippen LogP contribution >= 0.6 is 0 Å². The number of aryl methyl sites for hydroxylation is 1. The quantitative estimate of drug-likeness (QED) is 0.162. The van der Waals surface area contributed by atoms with Gasteiger partial charge in [-0.1, -0.05) is 194 Å². The highest BCUT2D eigenvalue weighted by Gasteiger charge is 2.29. The van der Waals surface area contributed by atoms with Gasteiger partial charge in [0.2, 0.25) is 0 Å². The Morgan fingerprint density at radius 3 is 1.07 bits per heavy atom. The Bertz CT molecular complexity index is 3170. The summed E-state index contributed by atoms with van der Waals surface area (Å²) in [5.74, 6) is 0.602. The highest BCUT2D eigenvalue weighted by atomic mass is 16.4. The first-order valence-corrected chi connectivity index (χ1v) is 20.1. The van der Waals surface area contributed by atoms with Gasteiger partial charge in [-0.3, -0.25) is 4.40 Å². The second-order valence-corrected chi connectivity index (χ2v) is 15.1. The molecule has 0 saturated heterocycles. The number of rotatable bonds is 7. The maximum absolute atomic E-state index is 6.61. The first-order chi connectivity index (χ1) is 29.2. The Morgan fingerprint density at radius 2 is 0.661 bits per heavy atom. The number of hydrogen-bond acceptors (Lipinski definition) is 2. The van der Waals surface area contributed by atoms with Crippen LogP contribution in [0, 0.1) is 6.92 Å². The fourth-order valence-corrected chi connectivity index (χ4v) is 9.01. The summed E-state index contributed by atoms with van der Waals surface area (Å²) in [6.07, 6.45) is 0. The normalized spacial score (nSPS) is 11.5. The van der Waals surface area contributed by atoms with Gasteiger partial charge in [0.15, 0.2) is 5.58 Å². The minimum absolute atomic E-state index is 0.602. The standard InChI is InChI=1S/C56H38N2O/c1-37-31-36-47-55(59-56-57-45-29-17-18-30-46(45)58(47)56)48(37)43-32-34-44(35-33-43)54-52(41-25-13-5-14-26-41)50(39-21-9-3-10-22-39)49(38-19-7-2-8-20-38)51(40-23-11-4-12-24-40)53(54)42-27-15-6-16-28-42/h2-36H,1H3. The minimum atomic E-state index is 0.602. The molecule has 0 N–H and O–H groups in total. The van der Waals surface area contributed by atoms with Crippen molar-refractivity contribution in [2.24, 2.45) is 0 Å². The molecule has 2 heterocycles. The van der Waals surface area contributed by atoms with Gasteiger partial charge in [-0.2, -0.15) is 4.98 Å². The third kappa shape index (κ3) is 5.78. The summed E-state index contributed by atoms with van der Waals surface area (Å²) < 4.78 is 8.74. The Balaban J connectivity index is 1.26. The molecule has 0 unspecified atom stereocenters. The Hall–Kier alpha value is -7.75. The van der Waals surface area contributed by atoms with Crippen LogP contribution in [0.1, 0.15) is 5.56 Å². The van der Waals surface area contributed by atoms with Crippen LogP contribution < -0.4 is 0 Å². The molecule has 0 atom stereocenters. The average molecular weight is 755 g/mol. The number of hydrogen-bond donors (Lipinski definition) is 0. The zero-order valence-corrected chi connectivity index (χ0v) is 32.5. The molecule has 9 aromatic carbocycles. The summed E-state index contributed by atoms with van der Waals surface area (Å²) in [5, 5.41) is 0. The van der Waals surface area contributed by atoms with Crippen molar-refractivity contribution in [1.29, 1.82) is 0 Å². The van der Waals surface area contributed by atoms with E-state index in [-0.39, 0.29) is 0 Å². The maximum Gasteiger partial charge on any atom is 0.307 e. The number of para-hydroxylation sites is 2. The molecular weight excluding hydrogens is 717 g/mol. The molecule has 0 saturated carbocycles. The van der Waals surface area contributed by atoms with Gasteiger partial charge in [0, 0.05) is 5.56 Å². The molecule has 278 valence electrons. The highest BCUT2D eigenvalue weighted by molar-refractivity contribution is 6.15. The lowest BCUT2D eigenvalue weighted by Gasteiger charge is -2.29. The van der Waals surface area contributed by atoms with E-state index in [1.807, 2.05) is 12.1 Å². The highest BCUT2D eigenvalue weighted by Crippen LogP contribution is 2.56. The molecule has 0 radical (unpaired) electrons. The first-order valence-electron chi connectivity index (χ1n) is 20.1. The van der Waals surface area contributed by atoms with Crippen molar-refractivity contribution in [2.75, 3.05) is 0 Å². The van der Waals surface area contributed by atoms with Crippen LogP contribution in [0.3, 0.4) is 0 Å². The van der Waals surface area contributed by atoms with E-state index < -0.39 is 0 Å². The number of imidazole rings is 1. The van der Waals surface area contributed by atoms with Crippen molar-refractivity contribution in [3.8, 4) is 77.9 Å². The minimum Gasteiger partial charge on any atom is -0.422 e. The van der Waals surface area contributed by atoms with Crippen LogP contribution in [0.4, 0.5) is 0 Å². The number of fused-ring (bicyclic) bond motifs is 5. The second-order valence-electron chi connectivity index (χ2n) is 15.1. The van der Waals surface area contributed by atoms with Crippen LogP contribution in [0.5, 0.6) is 0 Å². The van der Waals surface area contributed by atoms with Gasteiger partial charge in [-0.15, -0.1) is 0 Å². The van der Waals surface area contributed by atoms with Gasteiger partial charge < -0.3 is 4.42 Å². The SMILES string of the molecule is Cc1ccc2c(oc3nc4ccccc4n32)c1-c1ccc(-c2c(-c3ccccc3)c(-c3ccccc3)c(-c3ccccc3)c(-c3ccccc3)c2-c2ccccc2)cc1. The van der Waals surface area contributed by atoms with Crippen LogP contribution in [0.15, 0.2) is 217 Å². The smallest absolute Gasteiger partial charge is 0.307 e. The van der Waals surface area contributed by atoms with Crippen LogP contribution in [0.2, 0.25) is 0 Å². The molecule has 0 bridgehead atoms. The van der Waals surface area contributed by atoms with E-state index in [0.29, 0.717) is 5.84 Å². The van der Waals surface area contributed by atoms with Crippen molar-refractivity contribution >= 4 is 28.0 Å². The van der Waals surface area contributed by atoms with Gasteiger partial charge in [-0.05, 0) is 103 Å². The van der Waals surface area contributed by atoms with E-state index in [0.717, 1.165) is 66.6 Å². The van der Waals surface area contributed by atoms with E-state index >= 15 is 0 Å². The Morgan fingerprint density at radius 1 is 0.322 bits per heavy atom. The summed E-state index contributed by atoms with van der Waals surface area (Å²) in [6, 6.07) is 76.3. The van der Waals surface area contributed by atoms with Gasteiger partial charge in [0.1, 0.15) is 0 Å². The van der Waals surface area contributed by atoms with Gasteiger partial charge in [-0.25, -0.2) is 0 Å². The molecule has 11 rings (SSSR count). The van der Waals surface area contributed by atoms with Crippen molar-refractivity contribution in [3.63, 3.8) is 0 Å². The lowest BCUT2D eigenvalue weighted by atomic mass is 9.74. The predicted octanol–water partition coefficient (Wildman–Crippen LogP) is 15.2. The Kier molecular flexibility index (Phi) is 8.37. The maximum atomic E-state index is 6.61. The van der Waals surface area contributed by atoms with E-state index in [9.17, 15) is 0 Å². The topological polar surface area (TPSA) is 30.4 Å². The zero-order valence-electron chi connectivity index (χ0n) is 32.5. The summed E-state index contributed by atoms with van der Waals surface area (Å²) in [7, 11) is 0. The first kappa shape index (κ1) is 34.5. The molecular formula is C56H38N2O. The lowest BCUT2D eigenvalue weighted by Crippen LogP contribution is -2.02. The summed E-state index contributed by atoms with van der Waals surface area (Å²) in [5.41, 5.74) is 21.2. The third-order valence-corrected chi connectivity index (χ3v) is 11.6. The number of aromatic nitrogens is 2. The van der Waals surface area contributed by atoms with Crippen LogP contribution in [-0.2, 0) is 0 Å². The van der Waals surface area contributed by atoms with E-state index in [1.54, 1.807) is 0 Å². The molecule has 0 aliphatic carbocycles. The second kappa shape index (κ2) is 14.3. The summed E-state index contributed by atoms with van der Waals surface area (Å²) in [4.78, 5) is 4.84. The van der Waals surface area contributed by atoms with Crippen LogP contribution in [0.25, 0.3) is 106 Å². The van der Waals surface area contributed by atoms with Crippen LogP contribution in [-0.4, -0.2) is 9.38 Å². The number of nitrogens with zero attached hydrogens (tertiary/aromatic N) is 2. The monoisotopic (exact) mass is 754 g/mol. The molecule has 11 aromatic rings. The van der Waals surface area contributed by atoms with E-state index in [4.69, 9.17) is 9.40 Å². The molecule has 0 aliphatic heterocycles. The van der Waals surface area contributed by atoms with Crippen molar-refractivity contribution in [1.82, 2.24) is 9.38 Å². The zero-order chi connectivity index (χ0) is 39.3. The third-order valence-electron chi connectivity index (χ3n) is 11.6. The molecule has 0 spiro atoms. The Labute approximate surface area is 343 Å². The summed E-state index contributed by atoms with van der Waals surface area (Å²) in [6.45, 7) is 2.16. The number of benzene rings is 9. The van der Waals surface area contributed by atoms with Gasteiger partial charge in [0.25, 0.3) is 0 Å². The van der Waals surface area contributed by atoms with Gasteiger partial charge in [0.05, 0.1) is 16.6 Å². The fourth-order valence-electron chi connectivity index (χ4n) is 9.01. The molecule has 2 aromatic heterocycles. The molecule has 0 amide bonds. The molecule has 3 nitrogen and oxygen atoms in total. The molecule has 0 fully saturated rings. The average Bonchev–Trinajstić information content (AvgIpc) is 3.86. The summed E-state index contributed by atoms with van der Waals surface area (Å²) >= 11 is 0. The molecule has 3 heteroatoms. The fraction of sp³-hybridized carbons (Fsp3) is 0.0179. The van der Waals surface area contributed by atoms with Crippen molar-refractivity contribution in [2.45, 2.75) is 6.92 Å². The lowest BCUT2D eigenvalue weighted by molar-refractivity contribution is 0.644. The van der Waals surface area contributed by atoms with E-state index in [2.05, 4.69) is 212 Å². The number of oxazole rings is 1. The van der Waals surface area contributed by atoms with E-state index in [1.165, 1.54) is 38.9 Å². The van der Waals surface area contributed by atoms with Crippen molar-refractivity contribution < 1.29 is 4.42 Å². The largest absolute Gasteiger partial charge is 0.422 e. The van der Waals surface area contributed by atoms with Gasteiger partial charge >= 0.3 is 5.84 Å². The predicted molar refractivity (Wildman–Crippen MR) is 245 cm³/mol.